The van der Waals surface area contributed by atoms with E-state index in [0.29, 0.717) is 15.4 Å². The van der Waals surface area contributed by atoms with E-state index in [1.54, 1.807) is 32.9 Å². The molecule has 0 saturated heterocycles. The van der Waals surface area contributed by atoms with Crippen molar-refractivity contribution in [1.82, 2.24) is 0 Å². The first-order valence-corrected chi connectivity index (χ1v) is 7.97. The third kappa shape index (κ3) is 5.00. The highest BCUT2D eigenvalue weighted by atomic mass is 79.9. The third-order valence-electron chi connectivity index (χ3n) is 2.30. The van der Waals surface area contributed by atoms with Crippen molar-refractivity contribution in [2.24, 2.45) is 0 Å². The van der Waals surface area contributed by atoms with Gasteiger partial charge in [-0.1, -0.05) is 22.0 Å². The minimum absolute atomic E-state index is 0.0769. The van der Waals surface area contributed by atoms with Gasteiger partial charge in [-0.2, -0.15) is 0 Å². The van der Waals surface area contributed by atoms with Crippen LogP contribution >= 0.6 is 31.9 Å². The first-order chi connectivity index (χ1) is 9.69. The van der Waals surface area contributed by atoms with E-state index in [1.165, 1.54) is 7.11 Å². The standard InChI is InChI=1S/C14H16Br2O5/c1-14(2,3)21-13(18)20-11-9(16)6-5-8(7-15)10(11)12(17)19-4/h5-6H,7H2,1-4H3. The smallest absolute Gasteiger partial charge is 0.465 e. The number of carbonyl (C=O) groups excluding carboxylic acids is 2. The van der Waals surface area contributed by atoms with Gasteiger partial charge in [0, 0.05) is 5.33 Å². The van der Waals surface area contributed by atoms with Gasteiger partial charge in [-0.3, -0.25) is 0 Å². The van der Waals surface area contributed by atoms with Gasteiger partial charge in [0.15, 0.2) is 5.75 Å². The Labute approximate surface area is 140 Å². The Balaban J connectivity index is 3.21. The van der Waals surface area contributed by atoms with Crippen LogP contribution in [0, 0.1) is 0 Å². The number of hydrogen-bond acceptors (Lipinski definition) is 5. The number of halogens is 2. The van der Waals surface area contributed by atoms with Crippen LogP contribution in [0.25, 0.3) is 0 Å². The van der Waals surface area contributed by atoms with Gasteiger partial charge >= 0.3 is 12.1 Å². The Hall–Kier alpha value is -1.08. The summed E-state index contributed by atoms with van der Waals surface area (Å²) in [6.07, 6.45) is -0.889. The number of carbonyl (C=O) groups is 2. The van der Waals surface area contributed by atoms with Crippen LogP contribution in [0.5, 0.6) is 5.75 Å². The van der Waals surface area contributed by atoms with Gasteiger partial charge in [0.2, 0.25) is 0 Å². The summed E-state index contributed by atoms with van der Waals surface area (Å²) in [5.41, 5.74) is 0.125. The number of alkyl halides is 1. The van der Waals surface area contributed by atoms with Gasteiger partial charge in [0.25, 0.3) is 0 Å². The van der Waals surface area contributed by atoms with Crippen molar-refractivity contribution in [3.05, 3.63) is 27.7 Å². The SMILES string of the molecule is COC(=O)c1c(CBr)ccc(Br)c1OC(=O)OC(C)(C)C. The second kappa shape index (κ2) is 7.26. The zero-order valence-electron chi connectivity index (χ0n) is 12.2. The lowest BCUT2D eigenvalue weighted by atomic mass is 10.1. The van der Waals surface area contributed by atoms with Gasteiger partial charge in [-0.25, -0.2) is 9.59 Å². The van der Waals surface area contributed by atoms with Crippen molar-refractivity contribution >= 4 is 44.0 Å². The molecular weight excluding hydrogens is 408 g/mol. The lowest BCUT2D eigenvalue weighted by Crippen LogP contribution is -2.26. The number of benzene rings is 1. The molecule has 0 aromatic heterocycles. The predicted octanol–water partition coefficient (Wildman–Crippen LogP) is 4.44. The quantitative estimate of drug-likeness (QED) is 0.408. The molecule has 116 valence electrons. The fraction of sp³-hybridized carbons (Fsp3) is 0.429. The molecule has 0 aliphatic heterocycles. The molecule has 0 fully saturated rings. The topological polar surface area (TPSA) is 61.8 Å². The van der Waals surface area contributed by atoms with Gasteiger partial charge in [0.05, 0.1) is 11.6 Å². The van der Waals surface area contributed by atoms with Crippen LogP contribution in [-0.4, -0.2) is 24.8 Å². The van der Waals surface area contributed by atoms with E-state index < -0.39 is 17.7 Å². The molecule has 0 bridgehead atoms. The fourth-order valence-corrected chi connectivity index (χ4v) is 2.37. The molecule has 0 unspecified atom stereocenters. The van der Waals surface area contributed by atoms with Crippen LogP contribution < -0.4 is 4.74 Å². The number of rotatable bonds is 3. The molecular formula is C14H16Br2O5. The lowest BCUT2D eigenvalue weighted by Gasteiger charge is -2.20. The average molecular weight is 424 g/mol. The molecule has 1 aromatic carbocycles. The van der Waals surface area contributed by atoms with E-state index in [0.717, 1.165) is 0 Å². The molecule has 21 heavy (non-hydrogen) atoms. The maximum Gasteiger partial charge on any atom is 0.514 e. The minimum Gasteiger partial charge on any atom is -0.465 e. The molecule has 0 atom stereocenters. The number of esters is 1. The van der Waals surface area contributed by atoms with Crippen molar-refractivity contribution in [2.45, 2.75) is 31.7 Å². The average Bonchev–Trinajstić information content (AvgIpc) is 2.37. The predicted molar refractivity (Wildman–Crippen MR) is 85.0 cm³/mol. The highest BCUT2D eigenvalue weighted by Gasteiger charge is 2.25. The van der Waals surface area contributed by atoms with Crippen molar-refractivity contribution in [1.29, 1.82) is 0 Å². The largest absolute Gasteiger partial charge is 0.514 e. The summed E-state index contributed by atoms with van der Waals surface area (Å²) in [5.74, 6) is -0.516. The number of ether oxygens (including phenoxy) is 3. The Kier molecular flexibility index (Phi) is 6.22. The Morgan fingerprint density at radius 1 is 1.24 bits per heavy atom. The first-order valence-electron chi connectivity index (χ1n) is 6.06. The van der Waals surface area contributed by atoms with Crippen molar-refractivity contribution in [3.8, 4) is 5.75 Å². The first kappa shape index (κ1) is 18.0. The normalized spacial score (nSPS) is 11.0. The summed E-state index contributed by atoms with van der Waals surface area (Å²) in [7, 11) is 1.26. The summed E-state index contributed by atoms with van der Waals surface area (Å²) in [4.78, 5) is 23.8. The van der Waals surface area contributed by atoms with Crippen LogP contribution in [0.2, 0.25) is 0 Å². The van der Waals surface area contributed by atoms with E-state index in [9.17, 15) is 9.59 Å². The molecule has 0 aliphatic carbocycles. The lowest BCUT2D eigenvalue weighted by molar-refractivity contribution is 0.0201. The molecule has 1 rings (SSSR count). The molecule has 0 amide bonds. The fourth-order valence-electron chi connectivity index (χ4n) is 1.49. The van der Waals surface area contributed by atoms with E-state index in [1.807, 2.05) is 0 Å². The summed E-state index contributed by atoms with van der Waals surface area (Å²) < 4.78 is 15.5. The Bertz CT molecular complexity index is 549. The summed E-state index contributed by atoms with van der Waals surface area (Å²) in [6, 6.07) is 3.41. The molecule has 5 nitrogen and oxygen atoms in total. The Morgan fingerprint density at radius 2 is 1.86 bits per heavy atom. The third-order valence-corrected chi connectivity index (χ3v) is 3.53. The maximum atomic E-state index is 11.9. The molecule has 0 radical (unpaired) electrons. The molecule has 0 heterocycles. The van der Waals surface area contributed by atoms with Gasteiger partial charge in [-0.05, 0) is 48.3 Å². The number of methoxy groups -OCH3 is 1. The second-order valence-electron chi connectivity index (χ2n) is 5.10. The second-order valence-corrected chi connectivity index (χ2v) is 6.52. The zero-order chi connectivity index (χ0) is 16.2. The van der Waals surface area contributed by atoms with Crippen molar-refractivity contribution < 1.29 is 23.8 Å². The summed E-state index contributed by atoms with van der Waals surface area (Å²) in [5, 5.41) is 0.412. The molecule has 7 heteroatoms. The van der Waals surface area contributed by atoms with Gasteiger partial charge < -0.3 is 14.2 Å². The van der Waals surface area contributed by atoms with Crippen LogP contribution in [0.4, 0.5) is 4.79 Å². The van der Waals surface area contributed by atoms with Crippen LogP contribution in [-0.2, 0) is 14.8 Å². The maximum absolute atomic E-state index is 11.9. The molecule has 0 spiro atoms. The summed E-state index contributed by atoms with van der Waals surface area (Å²) in [6.45, 7) is 5.16. The number of hydrogen-bond donors (Lipinski definition) is 0. The van der Waals surface area contributed by atoms with E-state index in [4.69, 9.17) is 14.2 Å². The highest BCUT2D eigenvalue weighted by Crippen LogP contribution is 2.34. The molecule has 1 aromatic rings. The Morgan fingerprint density at radius 3 is 2.33 bits per heavy atom. The monoisotopic (exact) mass is 422 g/mol. The zero-order valence-corrected chi connectivity index (χ0v) is 15.3. The van der Waals surface area contributed by atoms with Crippen molar-refractivity contribution in [2.75, 3.05) is 7.11 Å². The minimum atomic E-state index is -0.889. The van der Waals surface area contributed by atoms with Crippen LogP contribution in [0.1, 0.15) is 36.7 Å². The van der Waals surface area contributed by atoms with E-state index in [2.05, 4.69) is 31.9 Å². The van der Waals surface area contributed by atoms with Crippen LogP contribution in [0.15, 0.2) is 16.6 Å². The highest BCUT2D eigenvalue weighted by molar-refractivity contribution is 9.10. The molecule has 0 aliphatic rings. The van der Waals surface area contributed by atoms with Crippen LogP contribution in [0.3, 0.4) is 0 Å². The molecule has 0 saturated carbocycles. The van der Waals surface area contributed by atoms with E-state index in [-0.39, 0.29) is 11.3 Å². The van der Waals surface area contributed by atoms with E-state index >= 15 is 0 Å². The van der Waals surface area contributed by atoms with Gasteiger partial charge in [0.1, 0.15) is 11.2 Å². The van der Waals surface area contributed by atoms with Crippen molar-refractivity contribution in [3.63, 3.8) is 0 Å². The van der Waals surface area contributed by atoms with Gasteiger partial charge in [-0.15, -0.1) is 0 Å². The summed E-state index contributed by atoms with van der Waals surface area (Å²) >= 11 is 6.55. The molecule has 0 N–H and O–H groups in total.